The summed E-state index contributed by atoms with van der Waals surface area (Å²) in [7, 11) is -1.61. The number of aryl methyl sites for hydroxylation is 1. The minimum absolute atomic E-state index is 0.200. The molecule has 1 rings (SSSR count). The number of aromatic nitrogens is 3. The van der Waals surface area contributed by atoms with Gasteiger partial charge in [-0.3, -0.25) is 4.79 Å². The van der Waals surface area contributed by atoms with E-state index < -0.39 is 8.07 Å². The molecule has 6 heteroatoms. The van der Waals surface area contributed by atoms with Crippen molar-refractivity contribution >= 4 is 19.4 Å². The van der Waals surface area contributed by atoms with E-state index in [1.165, 1.54) is 0 Å². The van der Waals surface area contributed by atoms with Gasteiger partial charge in [0.15, 0.2) is 0 Å². The van der Waals surface area contributed by atoms with Crippen molar-refractivity contribution in [2.24, 2.45) is 0 Å². The lowest BCUT2D eigenvalue weighted by Crippen LogP contribution is -2.43. The average molecular weight is 269 g/mol. The van der Waals surface area contributed by atoms with Gasteiger partial charge in [0, 0.05) is 6.54 Å². The smallest absolute Gasteiger partial charge is 0.314 e. The van der Waals surface area contributed by atoms with Crippen LogP contribution in [0.1, 0.15) is 32.4 Å². The van der Waals surface area contributed by atoms with E-state index in [0.717, 1.165) is 17.6 Å². The van der Waals surface area contributed by atoms with Gasteiger partial charge in [-0.2, -0.15) is 0 Å². The highest BCUT2D eigenvalue weighted by atomic mass is 28.3. The summed E-state index contributed by atoms with van der Waals surface area (Å²) < 4.78 is 6.92. The normalized spacial score (nSPS) is 13.4. The molecule has 0 bridgehead atoms. The van der Waals surface area contributed by atoms with Crippen molar-refractivity contribution in [3.05, 3.63) is 5.69 Å². The van der Waals surface area contributed by atoms with E-state index in [9.17, 15) is 4.79 Å². The molecule has 1 heterocycles. The van der Waals surface area contributed by atoms with Crippen LogP contribution in [0.3, 0.4) is 0 Å². The van der Waals surface area contributed by atoms with Gasteiger partial charge < -0.3 is 4.74 Å². The maximum atomic E-state index is 11.9. The van der Waals surface area contributed by atoms with Crippen LogP contribution in [0.25, 0.3) is 0 Å². The van der Waals surface area contributed by atoms with E-state index in [2.05, 4.69) is 30.0 Å². The van der Waals surface area contributed by atoms with E-state index in [1.807, 2.05) is 25.5 Å². The van der Waals surface area contributed by atoms with Crippen molar-refractivity contribution in [1.82, 2.24) is 15.0 Å². The molecule has 0 radical (unpaired) electrons. The van der Waals surface area contributed by atoms with Gasteiger partial charge >= 0.3 is 5.97 Å². The fourth-order valence-electron chi connectivity index (χ4n) is 1.90. The van der Waals surface area contributed by atoms with Crippen LogP contribution in [-0.2, 0) is 16.1 Å². The zero-order valence-electron chi connectivity index (χ0n) is 12.1. The second-order valence-electron chi connectivity index (χ2n) is 5.36. The predicted octanol–water partition coefficient (Wildman–Crippen LogP) is 1.51. The van der Waals surface area contributed by atoms with E-state index in [-0.39, 0.29) is 11.9 Å². The molecule has 0 amide bonds. The quantitative estimate of drug-likeness (QED) is 0.600. The number of esters is 1. The Morgan fingerprint density at radius 3 is 2.44 bits per heavy atom. The summed E-state index contributed by atoms with van der Waals surface area (Å²) >= 11 is 0. The molecule has 0 saturated carbocycles. The average Bonchev–Trinajstić information content (AvgIpc) is 2.71. The summed E-state index contributed by atoms with van der Waals surface area (Å²) in [5, 5.41) is 9.45. The van der Waals surface area contributed by atoms with Crippen LogP contribution in [0.15, 0.2) is 0 Å². The Morgan fingerprint density at radius 2 is 2.00 bits per heavy atom. The maximum absolute atomic E-state index is 11.9. The predicted molar refractivity (Wildman–Crippen MR) is 73.7 cm³/mol. The fourth-order valence-corrected chi connectivity index (χ4v) is 3.35. The molecule has 1 unspecified atom stereocenters. The lowest BCUT2D eigenvalue weighted by molar-refractivity contribution is -0.144. The molecule has 0 aliphatic heterocycles. The molecule has 0 spiro atoms. The van der Waals surface area contributed by atoms with E-state index >= 15 is 0 Å². The molecule has 0 aliphatic rings. The number of nitrogens with zero attached hydrogens (tertiary/aromatic N) is 3. The van der Waals surface area contributed by atoms with Gasteiger partial charge in [-0.25, -0.2) is 4.68 Å². The number of hydrogen-bond donors (Lipinski definition) is 0. The van der Waals surface area contributed by atoms with Crippen LogP contribution in [0.4, 0.5) is 0 Å². The van der Waals surface area contributed by atoms with E-state index in [4.69, 9.17) is 4.74 Å². The summed E-state index contributed by atoms with van der Waals surface area (Å²) in [5.41, 5.74) is 0.926. The molecule has 0 aliphatic carbocycles. The third-order valence-electron chi connectivity index (χ3n) is 2.83. The van der Waals surface area contributed by atoms with Crippen molar-refractivity contribution in [3.8, 4) is 0 Å². The highest BCUT2D eigenvalue weighted by molar-refractivity contribution is 6.88. The highest BCUT2D eigenvalue weighted by Crippen LogP contribution is 2.17. The van der Waals surface area contributed by atoms with Crippen LogP contribution < -0.4 is 5.32 Å². The minimum atomic E-state index is -1.61. The highest BCUT2D eigenvalue weighted by Gasteiger charge is 2.32. The second-order valence-corrected chi connectivity index (χ2v) is 10.3. The molecular formula is C12H23N3O2Si. The van der Waals surface area contributed by atoms with Crippen LogP contribution in [0.5, 0.6) is 0 Å². The van der Waals surface area contributed by atoms with Gasteiger partial charge in [-0.05, 0) is 20.8 Å². The lowest BCUT2D eigenvalue weighted by atomic mass is 10.1. The standard InChI is InChI=1S/C12H23N3O2Si/c1-7-15-10(9(3)12(16)17-8-2)11(13-14-15)18(4,5)6/h9H,7-8H2,1-6H3. The summed E-state index contributed by atoms with van der Waals surface area (Å²) in [4.78, 5) is 11.9. The molecular weight excluding hydrogens is 246 g/mol. The summed E-state index contributed by atoms with van der Waals surface area (Å²) in [6.45, 7) is 13.4. The Hall–Kier alpha value is -1.17. The first-order valence-corrected chi connectivity index (χ1v) is 9.93. The van der Waals surface area contributed by atoms with Gasteiger partial charge in [-0.15, -0.1) is 5.10 Å². The lowest BCUT2D eigenvalue weighted by Gasteiger charge is -2.19. The van der Waals surface area contributed by atoms with Crippen molar-refractivity contribution < 1.29 is 9.53 Å². The monoisotopic (exact) mass is 269 g/mol. The van der Waals surface area contributed by atoms with Crippen molar-refractivity contribution in [2.45, 2.75) is 52.9 Å². The Balaban J connectivity index is 3.20. The van der Waals surface area contributed by atoms with E-state index in [1.54, 1.807) is 0 Å². The first kappa shape index (κ1) is 14.9. The molecule has 102 valence electrons. The maximum Gasteiger partial charge on any atom is 0.314 e. The second kappa shape index (κ2) is 5.64. The van der Waals surface area contributed by atoms with Gasteiger partial charge in [0.25, 0.3) is 0 Å². The zero-order valence-corrected chi connectivity index (χ0v) is 13.1. The van der Waals surface area contributed by atoms with Crippen molar-refractivity contribution in [2.75, 3.05) is 6.61 Å². The third kappa shape index (κ3) is 2.98. The minimum Gasteiger partial charge on any atom is -0.465 e. The first-order valence-electron chi connectivity index (χ1n) is 6.43. The molecule has 1 aromatic rings. The molecule has 0 aromatic carbocycles. The summed E-state index contributed by atoms with van der Waals surface area (Å²) in [6.07, 6.45) is 0. The number of rotatable bonds is 5. The number of ether oxygens (including phenoxy) is 1. The van der Waals surface area contributed by atoms with Gasteiger partial charge in [0.1, 0.15) is 8.07 Å². The molecule has 0 saturated heterocycles. The Kier molecular flexibility index (Phi) is 4.67. The largest absolute Gasteiger partial charge is 0.465 e. The SMILES string of the molecule is CCOC(=O)C(C)c1c([Si](C)(C)C)nnn1CC. The Morgan fingerprint density at radius 1 is 1.39 bits per heavy atom. The topological polar surface area (TPSA) is 57.0 Å². The summed E-state index contributed by atoms with van der Waals surface area (Å²) in [5.74, 6) is -0.504. The van der Waals surface area contributed by atoms with Crippen molar-refractivity contribution in [3.63, 3.8) is 0 Å². The molecule has 1 aromatic heterocycles. The molecule has 0 N–H and O–H groups in total. The summed E-state index contributed by atoms with van der Waals surface area (Å²) in [6, 6.07) is 0. The van der Waals surface area contributed by atoms with Crippen LogP contribution >= 0.6 is 0 Å². The van der Waals surface area contributed by atoms with Gasteiger partial charge in [0.2, 0.25) is 0 Å². The molecule has 1 atom stereocenters. The molecule has 18 heavy (non-hydrogen) atoms. The van der Waals surface area contributed by atoms with Crippen LogP contribution in [-0.4, -0.2) is 35.6 Å². The first-order chi connectivity index (χ1) is 8.32. The number of carbonyl (C=O) groups is 1. The van der Waals surface area contributed by atoms with Gasteiger partial charge in [-0.1, -0.05) is 24.9 Å². The van der Waals surface area contributed by atoms with Crippen molar-refractivity contribution in [1.29, 1.82) is 0 Å². The third-order valence-corrected chi connectivity index (χ3v) is 4.61. The fraction of sp³-hybridized carbons (Fsp3) is 0.750. The van der Waals surface area contributed by atoms with Gasteiger partial charge in [0.05, 0.1) is 23.5 Å². The Bertz CT molecular complexity index is 423. The van der Waals surface area contributed by atoms with E-state index in [0.29, 0.717) is 6.61 Å². The molecule has 0 fully saturated rings. The Labute approximate surface area is 110 Å². The zero-order chi connectivity index (χ0) is 13.9. The van der Waals surface area contributed by atoms with Crippen LogP contribution in [0, 0.1) is 0 Å². The number of hydrogen-bond acceptors (Lipinski definition) is 4. The van der Waals surface area contributed by atoms with Crippen LogP contribution in [0.2, 0.25) is 19.6 Å². The molecule has 5 nitrogen and oxygen atoms in total. The number of carbonyl (C=O) groups excluding carboxylic acids is 1.